The van der Waals surface area contributed by atoms with Crippen LogP contribution in [-0.2, 0) is 12.8 Å². The van der Waals surface area contributed by atoms with Gasteiger partial charge >= 0.3 is 0 Å². The van der Waals surface area contributed by atoms with E-state index >= 15 is 0 Å². The lowest BCUT2D eigenvalue weighted by molar-refractivity contribution is 0.0994. The van der Waals surface area contributed by atoms with Crippen molar-refractivity contribution in [2.24, 2.45) is 5.92 Å². The van der Waals surface area contributed by atoms with Crippen molar-refractivity contribution in [2.75, 3.05) is 5.32 Å². The topological polar surface area (TPSA) is 68.3 Å². The highest BCUT2D eigenvalue weighted by atomic mass is 16.5. The molecule has 0 bridgehead atoms. The summed E-state index contributed by atoms with van der Waals surface area (Å²) in [4.78, 5) is 12.8. The molecule has 4 rings (SSSR count). The van der Waals surface area contributed by atoms with Gasteiger partial charge in [0.2, 0.25) is 5.88 Å². The standard InChI is InChI=1S/C20H22N2O3/c1-10-5-8-16-15(9-10)20(25-22-16)21-19(23)18-13(4)14-7-6-11(2)12(3)17(14)24-18/h6-7,10H,5,8-9H2,1-4H3,(H,21,23)/t10-/m1/s1. The van der Waals surface area contributed by atoms with Crippen LogP contribution in [0.5, 0.6) is 0 Å². The van der Waals surface area contributed by atoms with Crippen molar-refractivity contribution in [3.63, 3.8) is 0 Å². The molecule has 5 nitrogen and oxygen atoms in total. The number of furan rings is 1. The average molecular weight is 338 g/mol. The van der Waals surface area contributed by atoms with Gasteiger partial charge in [-0.05, 0) is 57.1 Å². The zero-order valence-corrected chi connectivity index (χ0v) is 15.0. The van der Waals surface area contributed by atoms with E-state index in [4.69, 9.17) is 8.94 Å². The lowest BCUT2D eigenvalue weighted by Crippen LogP contribution is -2.16. The van der Waals surface area contributed by atoms with E-state index in [9.17, 15) is 4.79 Å². The maximum absolute atomic E-state index is 12.8. The number of nitrogens with zero attached hydrogens (tertiary/aromatic N) is 1. The SMILES string of the molecule is Cc1ccc2c(C)c(C(=O)Nc3onc4c3C[C@H](C)CC4)oc2c1C. The van der Waals surface area contributed by atoms with Crippen LogP contribution in [-0.4, -0.2) is 11.1 Å². The van der Waals surface area contributed by atoms with Crippen molar-refractivity contribution in [2.45, 2.75) is 47.0 Å². The van der Waals surface area contributed by atoms with Crippen molar-refractivity contribution in [1.29, 1.82) is 0 Å². The van der Waals surface area contributed by atoms with Gasteiger partial charge < -0.3 is 8.94 Å². The van der Waals surface area contributed by atoms with E-state index < -0.39 is 0 Å². The van der Waals surface area contributed by atoms with Gasteiger partial charge in [-0.2, -0.15) is 0 Å². The summed E-state index contributed by atoms with van der Waals surface area (Å²) < 4.78 is 11.3. The van der Waals surface area contributed by atoms with Crippen molar-refractivity contribution in [3.8, 4) is 0 Å². The Morgan fingerprint density at radius 2 is 2.04 bits per heavy atom. The summed E-state index contributed by atoms with van der Waals surface area (Å²) in [5.41, 5.74) is 5.80. The van der Waals surface area contributed by atoms with Gasteiger partial charge in [0, 0.05) is 16.5 Å². The van der Waals surface area contributed by atoms with Crippen LogP contribution in [0.3, 0.4) is 0 Å². The second-order valence-corrected chi connectivity index (χ2v) is 7.18. The first-order valence-corrected chi connectivity index (χ1v) is 8.73. The summed E-state index contributed by atoms with van der Waals surface area (Å²) >= 11 is 0. The molecule has 0 radical (unpaired) electrons. The minimum absolute atomic E-state index is 0.289. The molecule has 25 heavy (non-hydrogen) atoms. The van der Waals surface area contributed by atoms with E-state index in [1.807, 2.05) is 26.8 Å². The minimum Gasteiger partial charge on any atom is -0.450 e. The summed E-state index contributed by atoms with van der Waals surface area (Å²) in [6.45, 7) is 8.16. The van der Waals surface area contributed by atoms with E-state index in [1.54, 1.807) is 0 Å². The number of anilines is 1. The van der Waals surface area contributed by atoms with E-state index in [0.717, 1.165) is 58.2 Å². The van der Waals surface area contributed by atoms with Crippen LogP contribution in [0, 0.1) is 26.7 Å². The number of carbonyl (C=O) groups excluding carboxylic acids is 1. The van der Waals surface area contributed by atoms with Gasteiger partial charge in [0.05, 0.1) is 5.69 Å². The Balaban J connectivity index is 1.69. The smallest absolute Gasteiger partial charge is 0.294 e. The third kappa shape index (κ3) is 2.54. The van der Waals surface area contributed by atoms with Gasteiger partial charge in [-0.3, -0.25) is 10.1 Å². The highest BCUT2D eigenvalue weighted by molar-refractivity contribution is 6.06. The molecule has 130 valence electrons. The predicted octanol–water partition coefficient (Wildman–Crippen LogP) is 4.72. The van der Waals surface area contributed by atoms with E-state index in [2.05, 4.69) is 23.5 Å². The molecule has 0 unspecified atom stereocenters. The molecule has 0 fully saturated rings. The van der Waals surface area contributed by atoms with Gasteiger partial charge in [0.25, 0.3) is 5.91 Å². The molecular formula is C20H22N2O3. The van der Waals surface area contributed by atoms with E-state index in [0.29, 0.717) is 17.6 Å². The largest absolute Gasteiger partial charge is 0.450 e. The number of rotatable bonds is 2. The first kappa shape index (κ1) is 15.9. The van der Waals surface area contributed by atoms with Crippen LogP contribution in [0.1, 0.15) is 51.8 Å². The Kier molecular flexibility index (Phi) is 3.67. The van der Waals surface area contributed by atoms with Crippen LogP contribution in [0.2, 0.25) is 0 Å². The fourth-order valence-corrected chi connectivity index (χ4v) is 3.58. The van der Waals surface area contributed by atoms with E-state index in [1.165, 1.54) is 0 Å². The van der Waals surface area contributed by atoms with Crippen LogP contribution in [0.4, 0.5) is 5.88 Å². The molecule has 3 aromatic rings. The maximum Gasteiger partial charge on any atom is 0.294 e. The molecule has 1 N–H and O–H groups in total. The molecule has 1 aliphatic carbocycles. The maximum atomic E-state index is 12.8. The Morgan fingerprint density at radius 1 is 1.24 bits per heavy atom. The monoisotopic (exact) mass is 338 g/mol. The molecular weight excluding hydrogens is 316 g/mol. The molecule has 0 saturated carbocycles. The normalized spacial score (nSPS) is 16.9. The Labute approximate surface area is 146 Å². The quantitative estimate of drug-likeness (QED) is 0.734. The number of hydrogen-bond acceptors (Lipinski definition) is 4. The molecule has 1 aliphatic rings. The number of carbonyl (C=O) groups is 1. The minimum atomic E-state index is -0.289. The van der Waals surface area contributed by atoms with Gasteiger partial charge in [0.1, 0.15) is 5.58 Å². The summed E-state index contributed by atoms with van der Waals surface area (Å²) in [5.74, 6) is 1.07. The molecule has 0 aliphatic heterocycles. The molecule has 2 aromatic heterocycles. The van der Waals surface area contributed by atoms with Crippen molar-refractivity contribution in [1.82, 2.24) is 5.16 Å². The number of fused-ring (bicyclic) bond motifs is 2. The second-order valence-electron chi connectivity index (χ2n) is 7.18. The summed E-state index contributed by atoms with van der Waals surface area (Å²) in [6, 6.07) is 4.06. The van der Waals surface area contributed by atoms with Crippen molar-refractivity contribution >= 4 is 22.8 Å². The van der Waals surface area contributed by atoms with Gasteiger partial charge in [-0.25, -0.2) is 0 Å². The summed E-state index contributed by atoms with van der Waals surface area (Å²) in [5, 5.41) is 7.94. The van der Waals surface area contributed by atoms with Gasteiger partial charge in [0.15, 0.2) is 5.76 Å². The van der Waals surface area contributed by atoms with Crippen LogP contribution in [0.25, 0.3) is 11.0 Å². The molecule has 0 spiro atoms. The Morgan fingerprint density at radius 3 is 2.84 bits per heavy atom. The average Bonchev–Trinajstić information content (AvgIpc) is 3.13. The van der Waals surface area contributed by atoms with Gasteiger partial charge in [-0.1, -0.05) is 24.2 Å². The van der Waals surface area contributed by atoms with Crippen molar-refractivity contribution in [3.05, 3.63) is 45.8 Å². The number of aryl methyl sites for hydroxylation is 4. The molecule has 2 heterocycles. The highest BCUT2D eigenvalue weighted by Crippen LogP contribution is 2.33. The molecule has 1 atom stereocenters. The molecule has 5 heteroatoms. The zero-order chi connectivity index (χ0) is 17.7. The molecule has 0 saturated heterocycles. The third-order valence-corrected chi connectivity index (χ3v) is 5.35. The third-order valence-electron chi connectivity index (χ3n) is 5.35. The molecule has 1 aromatic carbocycles. The highest BCUT2D eigenvalue weighted by Gasteiger charge is 2.26. The van der Waals surface area contributed by atoms with E-state index in [-0.39, 0.29) is 5.91 Å². The van der Waals surface area contributed by atoms with Crippen LogP contribution >= 0.6 is 0 Å². The van der Waals surface area contributed by atoms with Gasteiger partial charge in [-0.15, -0.1) is 0 Å². The summed E-state index contributed by atoms with van der Waals surface area (Å²) in [6.07, 6.45) is 2.89. The predicted molar refractivity (Wildman–Crippen MR) is 96.1 cm³/mol. The van der Waals surface area contributed by atoms with Crippen LogP contribution in [0.15, 0.2) is 21.1 Å². The number of amides is 1. The lowest BCUT2D eigenvalue weighted by Gasteiger charge is -2.16. The lowest BCUT2D eigenvalue weighted by atomic mass is 9.89. The first-order chi connectivity index (χ1) is 12.0. The fraction of sp³-hybridized carbons (Fsp3) is 0.400. The summed E-state index contributed by atoms with van der Waals surface area (Å²) in [7, 11) is 0. The Bertz CT molecular complexity index is 981. The van der Waals surface area contributed by atoms with Crippen LogP contribution < -0.4 is 5.32 Å². The first-order valence-electron chi connectivity index (χ1n) is 8.73. The Hall–Kier alpha value is -2.56. The zero-order valence-electron chi connectivity index (χ0n) is 15.0. The number of benzene rings is 1. The number of aromatic nitrogens is 1. The van der Waals surface area contributed by atoms with Crippen molar-refractivity contribution < 1.29 is 13.7 Å². The number of hydrogen-bond donors (Lipinski definition) is 1. The molecule has 1 amide bonds. The fourth-order valence-electron chi connectivity index (χ4n) is 3.58. The number of nitrogens with one attached hydrogen (secondary N) is 1. The second kappa shape index (κ2) is 5.76.